The Labute approximate surface area is 50.5 Å². The molecule has 0 aromatic heterocycles. The van der Waals surface area contributed by atoms with Gasteiger partial charge in [0.1, 0.15) is 0 Å². The average Bonchev–Trinajstić information content (AvgIpc) is 1.39. The van der Waals surface area contributed by atoms with Gasteiger partial charge in [-0.15, -0.1) is 12.4 Å². The number of primary amides is 1. The van der Waals surface area contributed by atoms with Gasteiger partial charge in [0.05, 0.1) is 0 Å². The molecule has 0 radical (unpaired) electrons. The molecule has 0 saturated heterocycles. The second-order valence-electron chi connectivity index (χ2n) is 0.843. The van der Waals surface area contributed by atoms with E-state index in [0.29, 0.717) is 0 Å². The summed E-state index contributed by atoms with van der Waals surface area (Å²) in [6.45, 7) is 4.25. The maximum Gasteiger partial charge on any atom is 0.204 e. The maximum atomic E-state index is 8.58. The highest BCUT2D eigenvalue weighted by atomic mass is 35.5. The fourth-order valence-corrected chi connectivity index (χ4v) is 0. The molecule has 0 rings (SSSR count). The zero-order chi connectivity index (χ0) is 5.41. The van der Waals surface area contributed by atoms with Crippen molar-refractivity contribution in [3.8, 4) is 0 Å². The SMILES string of the molecule is CCC.Cl.NC=O. The Hall–Kier alpha value is -0.240. The van der Waals surface area contributed by atoms with Crippen LogP contribution in [-0.2, 0) is 4.79 Å². The fraction of sp³-hybridized carbons (Fsp3) is 0.750. The highest BCUT2D eigenvalue weighted by molar-refractivity contribution is 5.85. The largest absolute Gasteiger partial charge is 0.372 e. The zero-order valence-corrected chi connectivity index (χ0v) is 5.49. The van der Waals surface area contributed by atoms with Gasteiger partial charge in [0, 0.05) is 0 Å². The van der Waals surface area contributed by atoms with Crippen LogP contribution in [0.25, 0.3) is 0 Å². The Balaban J connectivity index is -0.0000000400. The lowest BCUT2D eigenvalue weighted by atomic mass is 10.6. The summed E-state index contributed by atoms with van der Waals surface area (Å²) in [5, 5.41) is 0. The maximum absolute atomic E-state index is 8.58. The van der Waals surface area contributed by atoms with E-state index in [1.165, 1.54) is 6.42 Å². The van der Waals surface area contributed by atoms with Gasteiger partial charge in [0.15, 0.2) is 0 Å². The summed E-state index contributed by atoms with van der Waals surface area (Å²) in [6.07, 6.45) is 1.50. The van der Waals surface area contributed by atoms with Crippen LogP contribution in [0, 0.1) is 0 Å². The fourth-order valence-electron chi connectivity index (χ4n) is 0. The van der Waals surface area contributed by atoms with E-state index >= 15 is 0 Å². The molecule has 0 fully saturated rings. The van der Waals surface area contributed by atoms with Gasteiger partial charge in [-0.05, 0) is 0 Å². The number of rotatable bonds is 0. The van der Waals surface area contributed by atoms with Gasteiger partial charge in [-0.1, -0.05) is 20.3 Å². The van der Waals surface area contributed by atoms with Gasteiger partial charge in [-0.2, -0.15) is 0 Å². The van der Waals surface area contributed by atoms with Crippen LogP contribution >= 0.6 is 12.4 Å². The molecular formula is C4H12ClNO. The predicted octanol–water partition coefficient (Wildman–Crippen LogP) is 0.940. The Morgan fingerprint density at radius 2 is 1.57 bits per heavy atom. The molecule has 0 aromatic rings. The minimum atomic E-state index is 0. The number of nitrogens with two attached hydrogens (primary N) is 1. The van der Waals surface area contributed by atoms with Gasteiger partial charge in [0.25, 0.3) is 0 Å². The van der Waals surface area contributed by atoms with Crippen molar-refractivity contribution < 1.29 is 4.79 Å². The van der Waals surface area contributed by atoms with E-state index in [9.17, 15) is 0 Å². The average molecular weight is 126 g/mol. The number of halogens is 1. The molecule has 0 unspecified atom stereocenters. The lowest BCUT2D eigenvalue weighted by Crippen LogP contribution is -1.82. The van der Waals surface area contributed by atoms with Gasteiger partial charge >= 0.3 is 0 Å². The number of carbonyl (C=O) groups is 1. The predicted molar refractivity (Wildman–Crippen MR) is 33.5 cm³/mol. The molecule has 3 heteroatoms. The number of carbonyl (C=O) groups excluding carboxylic acids is 1. The molecule has 2 nitrogen and oxygen atoms in total. The molecule has 0 aliphatic heterocycles. The Kier molecular flexibility index (Phi) is 95.5. The first-order valence-electron chi connectivity index (χ1n) is 1.98. The van der Waals surface area contributed by atoms with E-state index < -0.39 is 0 Å². The van der Waals surface area contributed by atoms with Gasteiger partial charge in [0.2, 0.25) is 6.41 Å². The molecule has 0 atom stereocenters. The van der Waals surface area contributed by atoms with E-state index in [-0.39, 0.29) is 18.8 Å². The van der Waals surface area contributed by atoms with Crippen LogP contribution in [0.1, 0.15) is 20.3 Å². The summed E-state index contributed by atoms with van der Waals surface area (Å²) in [5.74, 6) is 0. The summed E-state index contributed by atoms with van der Waals surface area (Å²) in [6, 6.07) is 0. The summed E-state index contributed by atoms with van der Waals surface area (Å²) in [5.41, 5.74) is 4.17. The highest BCUT2D eigenvalue weighted by Crippen LogP contribution is 1.56. The molecule has 0 aliphatic carbocycles. The first-order chi connectivity index (χ1) is 2.83. The third-order valence-electron chi connectivity index (χ3n) is 0. The number of hydrogen-bond acceptors (Lipinski definition) is 1. The third kappa shape index (κ3) is 1410. The van der Waals surface area contributed by atoms with Crippen LogP contribution < -0.4 is 5.73 Å². The van der Waals surface area contributed by atoms with Crippen molar-refractivity contribution in [2.45, 2.75) is 20.3 Å². The topological polar surface area (TPSA) is 43.1 Å². The van der Waals surface area contributed by atoms with Crippen molar-refractivity contribution in [1.29, 1.82) is 0 Å². The lowest BCUT2D eigenvalue weighted by molar-refractivity contribution is -0.106. The molecule has 0 saturated carbocycles. The summed E-state index contributed by atoms with van der Waals surface area (Å²) in [4.78, 5) is 8.58. The van der Waals surface area contributed by atoms with Gasteiger partial charge in [-0.25, -0.2) is 0 Å². The minimum Gasteiger partial charge on any atom is -0.372 e. The van der Waals surface area contributed by atoms with Crippen LogP contribution in [0.4, 0.5) is 0 Å². The second-order valence-corrected chi connectivity index (χ2v) is 0.843. The normalized spacial score (nSPS) is 4.29. The molecular weight excluding hydrogens is 114 g/mol. The van der Waals surface area contributed by atoms with Crippen molar-refractivity contribution in [3.05, 3.63) is 0 Å². The zero-order valence-electron chi connectivity index (χ0n) is 4.68. The quantitative estimate of drug-likeness (QED) is 0.481. The van der Waals surface area contributed by atoms with Crippen molar-refractivity contribution in [1.82, 2.24) is 0 Å². The van der Waals surface area contributed by atoms with Crippen molar-refractivity contribution >= 4 is 18.8 Å². The number of hydrogen-bond donors (Lipinski definition) is 1. The second kappa shape index (κ2) is 42.1. The number of amides is 1. The molecule has 0 heterocycles. The van der Waals surface area contributed by atoms with Crippen molar-refractivity contribution in [2.24, 2.45) is 5.73 Å². The summed E-state index contributed by atoms with van der Waals surface area (Å²) in [7, 11) is 0. The standard InChI is InChI=1S/C3H8.CH3NO.ClH/c1-3-2;2-1-3;/h3H2,1-2H3;1H,(H2,2,3);1H. The van der Waals surface area contributed by atoms with E-state index in [2.05, 4.69) is 19.6 Å². The molecule has 1 amide bonds. The molecule has 0 aromatic carbocycles. The monoisotopic (exact) mass is 125 g/mol. The van der Waals surface area contributed by atoms with E-state index in [1.54, 1.807) is 0 Å². The Morgan fingerprint density at radius 3 is 1.57 bits per heavy atom. The van der Waals surface area contributed by atoms with E-state index in [1.807, 2.05) is 0 Å². The summed E-state index contributed by atoms with van der Waals surface area (Å²) < 4.78 is 0. The van der Waals surface area contributed by atoms with E-state index in [4.69, 9.17) is 4.79 Å². The van der Waals surface area contributed by atoms with Crippen LogP contribution in [0.3, 0.4) is 0 Å². The third-order valence-corrected chi connectivity index (χ3v) is 0. The molecule has 0 bridgehead atoms. The van der Waals surface area contributed by atoms with Gasteiger partial charge in [-0.3, -0.25) is 4.79 Å². The van der Waals surface area contributed by atoms with Gasteiger partial charge < -0.3 is 5.73 Å². The van der Waals surface area contributed by atoms with Crippen molar-refractivity contribution in [2.75, 3.05) is 0 Å². The summed E-state index contributed by atoms with van der Waals surface area (Å²) >= 11 is 0. The first-order valence-corrected chi connectivity index (χ1v) is 1.98. The molecule has 2 N–H and O–H groups in total. The minimum absolute atomic E-state index is 0. The molecule has 7 heavy (non-hydrogen) atoms. The van der Waals surface area contributed by atoms with Crippen LogP contribution in [0.2, 0.25) is 0 Å². The Bertz CT molecular complexity index is 25.7. The van der Waals surface area contributed by atoms with E-state index in [0.717, 1.165) is 0 Å². The molecule has 46 valence electrons. The highest BCUT2D eigenvalue weighted by Gasteiger charge is 1.35. The Morgan fingerprint density at radius 1 is 1.57 bits per heavy atom. The smallest absolute Gasteiger partial charge is 0.204 e. The lowest BCUT2D eigenvalue weighted by Gasteiger charge is -1.48. The van der Waals surface area contributed by atoms with Crippen LogP contribution in [0.5, 0.6) is 0 Å². The molecule has 0 spiro atoms. The van der Waals surface area contributed by atoms with Crippen LogP contribution in [0.15, 0.2) is 0 Å². The molecule has 0 aliphatic rings. The van der Waals surface area contributed by atoms with Crippen LogP contribution in [-0.4, -0.2) is 6.41 Å². The first kappa shape index (κ1) is 15.9. The van der Waals surface area contributed by atoms with Crippen molar-refractivity contribution in [3.63, 3.8) is 0 Å².